The van der Waals surface area contributed by atoms with Crippen LogP contribution in [0.3, 0.4) is 0 Å². The van der Waals surface area contributed by atoms with E-state index in [1.54, 1.807) is 7.11 Å². The van der Waals surface area contributed by atoms with E-state index in [1.165, 1.54) is 5.56 Å². The summed E-state index contributed by atoms with van der Waals surface area (Å²) in [6, 6.07) is 16.8. The number of hydrogen-bond acceptors (Lipinski definition) is 3. The van der Waals surface area contributed by atoms with Crippen LogP contribution in [0.4, 0.5) is 10.5 Å². The quantitative estimate of drug-likeness (QED) is 0.913. The van der Waals surface area contributed by atoms with Crippen molar-refractivity contribution >= 4 is 11.7 Å². The Hall–Kier alpha value is -2.53. The Balaban J connectivity index is 1.39. The lowest BCUT2D eigenvalue weighted by atomic mass is 10.00. The first-order valence-electron chi connectivity index (χ1n) is 9.24. The van der Waals surface area contributed by atoms with Crippen molar-refractivity contribution in [3.63, 3.8) is 0 Å². The molecule has 4 rings (SSSR count). The van der Waals surface area contributed by atoms with Crippen LogP contribution in [0.5, 0.6) is 5.75 Å². The Labute approximate surface area is 154 Å². The molecular formula is C21H25N3O2. The summed E-state index contributed by atoms with van der Waals surface area (Å²) in [5, 5.41) is 3.03. The van der Waals surface area contributed by atoms with Crippen LogP contribution >= 0.6 is 0 Å². The minimum absolute atomic E-state index is 0.0106. The van der Waals surface area contributed by atoms with Gasteiger partial charge in [0.1, 0.15) is 5.75 Å². The average molecular weight is 351 g/mol. The van der Waals surface area contributed by atoms with E-state index >= 15 is 0 Å². The van der Waals surface area contributed by atoms with Gasteiger partial charge in [-0.3, -0.25) is 4.90 Å². The lowest BCUT2D eigenvalue weighted by molar-refractivity contribution is 0.118. The highest BCUT2D eigenvalue weighted by atomic mass is 16.5. The van der Waals surface area contributed by atoms with E-state index in [9.17, 15) is 4.79 Å². The summed E-state index contributed by atoms with van der Waals surface area (Å²) in [4.78, 5) is 17.1. The third-order valence-corrected chi connectivity index (χ3v) is 5.41. The second kappa shape index (κ2) is 7.38. The fraction of sp³-hybridized carbons (Fsp3) is 0.381. The van der Waals surface area contributed by atoms with E-state index in [1.807, 2.05) is 17.0 Å². The molecule has 0 aromatic heterocycles. The van der Waals surface area contributed by atoms with Crippen molar-refractivity contribution in [3.05, 3.63) is 59.7 Å². The van der Waals surface area contributed by atoms with E-state index in [2.05, 4.69) is 46.6 Å². The molecule has 2 aromatic rings. The maximum Gasteiger partial charge on any atom is 0.322 e. The number of fused-ring (bicyclic) bond motifs is 1. The number of benzene rings is 2. The third-order valence-electron chi connectivity index (χ3n) is 5.41. The van der Waals surface area contributed by atoms with Crippen LogP contribution in [-0.4, -0.2) is 42.1 Å². The molecule has 5 nitrogen and oxygen atoms in total. The lowest BCUT2D eigenvalue weighted by Crippen LogP contribution is -2.50. The second-order valence-corrected chi connectivity index (χ2v) is 7.05. The number of methoxy groups -OCH3 is 1. The molecule has 0 saturated carbocycles. The number of carbonyl (C=O) groups is 1. The highest BCUT2D eigenvalue weighted by Gasteiger charge is 2.32. The fourth-order valence-corrected chi connectivity index (χ4v) is 3.98. The molecule has 2 aliphatic rings. The smallest absolute Gasteiger partial charge is 0.322 e. The number of amides is 2. The van der Waals surface area contributed by atoms with Crippen molar-refractivity contribution in [2.24, 2.45) is 0 Å². The zero-order chi connectivity index (χ0) is 17.9. The molecule has 0 spiro atoms. The van der Waals surface area contributed by atoms with Crippen LogP contribution < -0.4 is 10.1 Å². The summed E-state index contributed by atoms with van der Waals surface area (Å²) in [7, 11) is 1.64. The number of nitrogens with zero attached hydrogens (tertiary/aromatic N) is 2. The van der Waals surface area contributed by atoms with Crippen molar-refractivity contribution in [3.8, 4) is 5.75 Å². The molecule has 0 unspecified atom stereocenters. The normalized spacial score (nSPS) is 18.3. The summed E-state index contributed by atoms with van der Waals surface area (Å²) < 4.78 is 5.37. The molecule has 2 aromatic carbocycles. The maximum atomic E-state index is 12.6. The van der Waals surface area contributed by atoms with Crippen LogP contribution in [0, 0.1) is 0 Å². The van der Waals surface area contributed by atoms with Crippen molar-refractivity contribution in [2.75, 3.05) is 25.5 Å². The van der Waals surface area contributed by atoms with Gasteiger partial charge in [-0.05, 0) is 30.0 Å². The molecular weight excluding hydrogens is 326 g/mol. The number of urea groups is 1. The van der Waals surface area contributed by atoms with Gasteiger partial charge >= 0.3 is 6.03 Å². The summed E-state index contributed by atoms with van der Waals surface area (Å²) in [6.07, 6.45) is 2.03. The molecule has 2 heterocycles. The van der Waals surface area contributed by atoms with Gasteiger partial charge in [-0.15, -0.1) is 0 Å². The van der Waals surface area contributed by atoms with Gasteiger partial charge in [0.25, 0.3) is 0 Å². The number of rotatable bonds is 4. The number of carbonyl (C=O) groups excluding carboxylic acids is 1. The highest BCUT2D eigenvalue weighted by molar-refractivity contribution is 5.94. The molecule has 1 saturated heterocycles. The number of ether oxygens (including phenoxy) is 1. The third kappa shape index (κ3) is 3.40. The summed E-state index contributed by atoms with van der Waals surface area (Å²) in [6.45, 7) is 3.68. The van der Waals surface area contributed by atoms with Crippen molar-refractivity contribution in [1.82, 2.24) is 9.80 Å². The Morgan fingerprint density at radius 1 is 1.08 bits per heavy atom. The van der Waals surface area contributed by atoms with Crippen LogP contribution in [0.25, 0.3) is 0 Å². The van der Waals surface area contributed by atoms with Crippen LogP contribution in [0.2, 0.25) is 0 Å². The van der Waals surface area contributed by atoms with E-state index in [0.29, 0.717) is 12.6 Å². The predicted molar refractivity (Wildman–Crippen MR) is 102 cm³/mol. The van der Waals surface area contributed by atoms with Gasteiger partial charge in [0.2, 0.25) is 0 Å². The van der Waals surface area contributed by atoms with E-state index in [0.717, 1.165) is 49.5 Å². The zero-order valence-electron chi connectivity index (χ0n) is 15.1. The van der Waals surface area contributed by atoms with Gasteiger partial charge in [-0.25, -0.2) is 4.79 Å². The van der Waals surface area contributed by atoms with Gasteiger partial charge < -0.3 is 15.0 Å². The van der Waals surface area contributed by atoms with Gasteiger partial charge in [0.15, 0.2) is 0 Å². The second-order valence-electron chi connectivity index (χ2n) is 7.05. The number of anilines is 1. The summed E-state index contributed by atoms with van der Waals surface area (Å²) in [5.74, 6) is 0.730. The summed E-state index contributed by atoms with van der Waals surface area (Å²) >= 11 is 0. The Morgan fingerprint density at radius 2 is 1.85 bits per heavy atom. The van der Waals surface area contributed by atoms with Crippen molar-refractivity contribution in [2.45, 2.75) is 32.0 Å². The molecule has 136 valence electrons. The standard InChI is InChI=1S/C21H25N3O2/c1-26-19-9-5-8-17-15-24(21(25)22-20(17)19)18-10-12-23(13-11-18)14-16-6-3-2-4-7-16/h2-9,18H,10-15H2,1H3,(H,22,25). The molecule has 0 atom stereocenters. The topological polar surface area (TPSA) is 44.8 Å². The first-order valence-corrected chi connectivity index (χ1v) is 9.24. The van der Waals surface area contributed by atoms with Crippen LogP contribution in [0.15, 0.2) is 48.5 Å². The predicted octanol–water partition coefficient (Wildman–Crippen LogP) is 3.71. The first-order chi connectivity index (χ1) is 12.7. The Morgan fingerprint density at radius 3 is 2.58 bits per heavy atom. The first kappa shape index (κ1) is 16.9. The monoisotopic (exact) mass is 351 g/mol. The van der Waals surface area contributed by atoms with Gasteiger partial charge in [0, 0.05) is 32.2 Å². The molecule has 0 aliphatic carbocycles. The number of para-hydroxylation sites is 1. The lowest BCUT2D eigenvalue weighted by Gasteiger charge is -2.40. The number of nitrogens with one attached hydrogen (secondary N) is 1. The van der Waals surface area contributed by atoms with Crippen LogP contribution in [-0.2, 0) is 13.1 Å². The molecule has 2 amide bonds. The molecule has 0 radical (unpaired) electrons. The average Bonchev–Trinajstić information content (AvgIpc) is 2.68. The largest absolute Gasteiger partial charge is 0.495 e. The minimum atomic E-state index is -0.0106. The fourth-order valence-electron chi connectivity index (χ4n) is 3.98. The summed E-state index contributed by atoms with van der Waals surface area (Å²) in [5.41, 5.74) is 3.29. The van der Waals surface area contributed by atoms with E-state index in [-0.39, 0.29) is 6.03 Å². The number of likely N-dealkylation sites (tertiary alicyclic amines) is 1. The number of piperidine rings is 1. The molecule has 5 heteroatoms. The molecule has 0 bridgehead atoms. The maximum absolute atomic E-state index is 12.6. The molecule has 1 fully saturated rings. The highest BCUT2D eigenvalue weighted by Crippen LogP contribution is 2.34. The number of hydrogen-bond donors (Lipinski definition) is 1. The van der Waals surface area contributed by atoms with Crippen molar-refractivity contribution < 1.29 is 9.53 Å². The molecule has 1 N–H and O–H groups in total. The van der Waals surface area contributed by atoms with Gasteiger partial charge in [-0.2, -0.15) is 0 Å². The SMILES string of the molecule is COc1cccc2c1NC(=O)N(C1CCN(Cc3ccccc3)CC1)C2. The van der Waals surface area contributed by atoms with Crippen LogP contribution in [0.1, 0.15) is 24.0 Å². The zero-order valence-corrected chi connectivity index (χ0v) is 15.1. The Kier molecular flexibility index (Phi) is 4.80. The molecule has 2 aliphatic heterocycles. The van der Waals surface area contributed by atoms with E-state index < -0.39 is 0 Å². The Bertz CT molecular complexity index is 770. The van der Waals surface area contributed by atoms with Crippen molar-refractivity contribution in [1.29, 1.82) is 0 Å². The minimum Gasteiger partial charge on any atom is -0.495 e. The van der Waals surface area contributed by atoms with E-state index in [4.69, 9.17) is 4.74 Å². The van der Waals surface area contributed by atoms with Gasteiger partial charge in [0.05, 0.1) is 12.8 Å². The molecule has 26 heavy (non-hydrogen) atoms. The van der Waals surface area contributed by atoms with Gasteiger partial charge in [-0.1, -0.05) is 42.5 Å².